The summed E-state index contributed by atoms with van der Waals surface area (Å²) < 4.78 is 0. The molecule has 1 rings (SSSR count). The third-order valence-electron chi connectivity index (χ3n) is 1.45. The lowest BCUT2D eigenvalue weighted by molar-refractivity contribution is 1.15. The minimum atomic E-state index is 0.335. The van der Waals surface area contributed by atoms with E-state index in [4.69, 9.17) is 0 Å². The summed E-state index contributed by atoms with van der Waals surface area (Å²) in [6.07, 6.45) is 1.74. The number of allylic oxidation sites excluding steroid dienone is 1. The highest BCUT2D eigenvalue weighted by atomic mass is 15.0. The van der Waals surface area contributed by atoms with Gasteiger partial charge in [-0.15, -0.1) is 5.73 Å². The molecular weight excluding hydrogens is 134 g/mol. The number of hydrogen-bond acceptors (Lipinski definition) is 1. The average molecular weight is 143 g/mol. The van der Waals surface area contributed by atoms with Gasteiger partial charge in [0.05, 0.1) is 11.8 Å². The summed E-state index contributed by atoms with van der Waals surface area (Å²) in [5.74, 6) is 0. The van der Waals surface area contributed by atoms with Crippen molar-refractivity contribution in [2.45, 2.75) is 13.0 Å². The molecule has 1 heteroatoms. The van der Waals surface area contributed by atoms with Crippen LogP contribution in [0.2, 0.25) is 0 Å². The molecule has 0 fully saturated rings. The quantitative estimate of drug-likeness (QED) is 0.414. The highest BCUT2D eigenvalue weighted by Gasteiger charge is 2.23. The van der Waals surface area contributed by atoms with Crippen LogP contribution in [0.25, 0.3) is 0 Å². The van der Waals surface area contributed by atoms with Crippen LogP contribution >= 0.6 is 0 Å². The monoisotopic (exact) mass is 143 g/mol. The minimum Gasteiger partial charge on any atom is -0.277 e. The van der Waals surface area contributed by atoms with E-state index >= 15 is 0 Å². The molecule has 1 aliphatic heterocycles. The Morgan fingerprint density at radius 1 is 1.64 bits per heavy atom. The third-order valence-corrected chi connectivity index (χ3v) is 1.45. The van der Waals surface area contributed by atoms with E-state index in [0.717, 1.165) is 11.3 Å². The van der Waals surface area contributed by atoms with Gasteiger partial charge in [0.1, 0.15) is 0 Å². The lowest BCUT2D eigenvalue weighted by Gasteiger charge is -1.83. The zero-order valence-electron chi connectivity index (χ0n) is 6.52. The minimum absolute atomic E-state index is 0.335. The van der Waals surface area contributed by atoms with E-state index in [-0.39, 0.29) is 0 Å². The summed E-state index contributed by atoms with van der Waals surface area (Å²) in [6.45, 7) is 8.97. The fraction of sp³-hybridized carbons (Fsp3) is 0.200. The zero-order chi connectivity index (χ0) is 8.27. The standard InChI is InChI=1S/C10H9N/c1-4-6-7-9(5-2)10-8(3)11-10/h7-8H,1-2H2,3H3. The van der Waals surface area contributed by atoms with Gasteiger partial charge < -0.3 is 0 Å². The van der Waals surface area contributed by atoms with Crippen LogP contribution in [-0.4, -0.2) is 11.8 Å². The first kappa shape index (κ1) is 7.60. The van der Waals surface area contributed by atoms with E-state index in [9.17, 15) is 0 Å². The molecule has 0 amide bonds. The molecule has 0 bridgehead atoms. The lowest BCUT2D eigenvalue weighted by atomic mass is 10.1. The fourth-order valence-electron chi connectivity index (χ4n) is 0.805. The molecule has 0 saturated heterocycles. The molecule has 0 aromatic carbocycles. The molecule has 0 aromatic heterocycles. The van der Waals surface area contributed by atoms with E-state index in [0.29, 0.717) is 6.04 Å². The second kappa shape index (κ2) is 3.05. The van der Waals surface area contributed by atoms with Gasteiger partial charge in [0, 0.05) is 11.6 Å². The largest absolute Gasteiger partial charge is 0.277 e. The van der Waals surface area contributed by atoms with Gasteiger partial charge in [-0.1, -0.05) is 18.0 Å². The van der Waals surface area contributed by atoms with Crippen LogP contribution < -0.4 is 0 Å². The van der Waals surface area contributed by atoms with Crippen LogP contribution in [0.5, 0.6) is 0 Å². The first-order valence-electron chi connectivity index (χ1n) is 3.38. The van der Waals surface area contributed by atoms with Crippen molar-refractivity contribution in [2.24, 2.45) is 4.99 Å². The summed E-state index contributed by atoms with van der Waals surface area (Å²) in [5.41, 5.74) is 9.99. The highest BCUT2D eigenvalue weighted by Crippen LogP contribution is 2.18. The van der Waals surface area contributed by atoms with Crippen molar-refractivity contribution in [3.8, 4) is 0 Å². The van der Waals surface area contributed by atoms with E-state index < -0.39 is 0 Å². The molecule has 1 unspecified atom stereocenters. The Bertz CT molecular complexity index is 328. The number of aliphatic imine (C=N–C) groups is 1. The first-order chi connectivity index (χ1) is 5.29. The van der Waals surface area contributed by atoms with Crippen molar-refractivity contribution in [2.75, 3.05) is 0 Å². The predicted octanol–water partition coefficient (Wildman–Crippen LogP) is 2.04. The normalized spacial score (nSPS) is 18.6. The Kier molecular flexibility index (Phi) is 2.11. The number of nitrogens with zero attached hydrogens (tertiary/aromatic N) is 1. The van der Waals surface area contributed by atoms with E-state index in [1.165, 1.54) is 0 Å². The van der Waals surface area contributed by atoms with Crippen molar-refractivity contribution >= 4 is 5.71 Å². The van der Waals surface area contributed by atoms with Gasteiger partial charge in [-0.3, -0.25) is 4.99 Å². The molecule has 0 saturated carbocycles. The molecular formula is C10H9N. The number of hydrogen-bond donors (Lipinski definition) is 0. The fourth-order valence-corrected chi connectivity index (χ4v) is 0.805. The average Bonchev–Trinajstić information content (AvgIpc) is 2.69. The van der Waals surface area contributed by atoms with Crippen LogP contribution in [0.4, 0.5) is 0 Å². The molecule has 0 spiro atoms. The molecule has 0 N–H and O–H groups in total. The van der Waals surface area contributed by atoms with Gasteiger partial charge in [0.2, 0.25) is 0 Å². The molecule has 1 heterocycles. The highest BCUT2D eigenvalue weighted by molar-refractivity contribution is 6.14. The summed E-state index contributed by atoms with van der Waals surface area (Å²) in [4.78, 5) is 4.14. The topological polar surface area (TPSA) is 12.4 Å². The second-order valence-electron chi connectivity index (χ2n) is 2.25. The van der Waals surface area contributed by atoms with Crippen molar-refractivity contribution in [3.63, 3.8) is 0 Å². The maximum atomic E-state index is 4.14. The van der Waals surface area contributed by atoms with Crippen molar-refractivity contribution in [3.05, 3.63) is 42.0 Å². The van der Waals surface area contributed by atoms with E-state index in [1.54, 1.807) is 6.08 Å². The third kappa shape index (κ3) is 1.70. The SMILES string of the molecule is C=C=C=CC(=C=C)C1=NC1C. The molecule has 1 atom stereocenters. The smallest absolute Gasteiger partial charge is 0.0904 e. The van der Waals surface area contributed by atoms with Gasteiger partial charge >= 0.3 is 0 Å². The van der Waals surface area contributed by atoms with Gasteiger partial charge in [0.25, 0.3) is 0 Å². The lowest BCUT2D eigenvalue weighted by Crippen LogP contribution is -1.91. The van der Waals surface area contributed by atoms with Crippen LogP contribution in [0, 0.1) is 0 Å². The summed E-state index contributed by atoms with van der Waals surface area (Å²) in [6, 6.07) is 0.335. The molecule has 11 heavy (non-hydrogen) atoms. The van der Waals surface area contributed by atoms with Gasteiger partial charge in [-0.05, 0) is 13.5 Å². The maximum Gasteiger partial charge on any atom is 0.0904 e. The molecule has 54 valence electrons. The van der Waals surface area contributed by atoms with Gasteiger partial charge in [-0.25, -0.2) is 0 Å². The van der Waals surface area contributed by atoms with Crippen LogP contribution in [-0.2, 0) is 0 Å². The van der Waals surface area contributed by atoms with Crippen LogP contribution in [0.15, 0.2) is 47.0 Å². The van der Waals surface area contributed by atoms with Crippen molar-refractivity contribution < 1.29 is 0 Å². The molecule has 0 radical (unpaired) electrons. The predicted molar refractivity (Wildman–Crippen MR) is 46.8 cm³/mol. The Hall–Kier alpha value is -1.51. The van der Waals surface area contributed by atoms with E-state index in [2.05, 4.69) is 35.3 Å². The molecule has 1 nitrogen and oxygen atoms in total. The Labute approximate surface area is 66.5 Å². The Morgan fingerprint density at radius 2 is 2.27 bits per heavy atom. The molecule has 1 aliphatic rings. The van der Waals surface area contributed by atoms with Crippen molar-refractivity contribution in [1.29, 1.82) is 0 Å². The zero-order valence-corrected chi connectivity index (χ0v) is 6.52. The summed E-state index contributed by atoms with van der Waals surface area (Å²) in [7, 11) is 0. The first-order valence-corrected chi connectivity index (χ1v) is 3.38. The number of rotatable bonds is 2. The second-order valence-corrected chi connectivity index (χ2v) is 2.25. The Balaban J connectivity index is 2.84. The van der Waals surface area contributed by atoms with Crippen molar-refractivity contribution in [1.82, 2.24) is 0 Å². The van der Waals surface area contributed by atoms with Crippen LogP contribution in [0.3, 0.4) is 0 Å². The maximum absolute atomic E-state index is 4.14. The summed E-state index contributed by atoms with van der Waals surface area (Å²) >= 11 is 0. The summed E-state index contributed by atoms with van der Waals surface area (Å²) in [5, 5.41) is 0. The Morgan fingerprint density at radius 3 is 2.64 bits per heavy atom. The van der Waals surface area contributed by atoms with Crippen LogP contribution in [0.1, 0.15) is 6.92 Å². The van der Waals surface area contributed by atoms with E-state index in [1.807, 2.05) is 6.92 Å². The molecule has 0 aromatic rings. The molecule has 0 aliphatic carbocycles. The van der Waals surface area contributed by atoms with Gasteiger partial charge in [0.15, 0.2) is 0 Å². The van der Waals surface area contributed by atoms with Gasteiger partial charge in [-0.2, -0.15) is 0 Å².